The average molecular weight is 450 g/mol. The lowest BCUT2D eigenvalue weighted by Gasteiger charge is -2.40. The monoisotopic (exact) mass is 449 g/mol. The number of carbonyl (C=O) groups is 1. The third-order valence-electron chi connectivity index (χ3n) is 6.48. The molecule has 0 atom stereocenters. The Labute approximate surface area is 195 Å². The molecule has 1 N–H and O–H groups in total. The standard InChI is InChI=1S/C28H37O3Si/c1-27(2,3)23-17-16-21(13-10-20-11-14-22(15-12-20)26(29)30)25(31-32(5)6)24(23)28(4)18-8-7-9-19-28/h10-17H,7-9,18-19H2,1-6H3,(H,29,30). The predicted octanol–water partition coefficient (Wildman–Crippen LogP) is 7.70. The molecule has 1 aliphatic carbocycles. The Hall–Kier alpha value is -2.33. The molecule has 32 heavy (non-hydrogen) atoms. The van der Waals surface area contributed by atoms with E-state index >= 15 is 0 Å². The summed E-state index contributed by atoms with van der Waals surface area (Å²) in [6.45, 7) is 13.7. The van der Waals surface area contributed by atoms with Gasteiger partial charge in [0.2, 0.25) is 0 Å². The van der Waals surface area contributed by atoms with Crippen LogP contribution < -0.4 is 4.43 Å². The zero-order chi connectivity index (χ0) is 23.5. The van der Waals surface area contributed by atoms with Crippen molar-refractivity contribution in [3.8, 4) is 5.75 Å². The molecule has 2 aromatic carbocycles. The van der Waals surface area contributed by atoms with E-state index < -0.39 is 15.0 Å². The summed E-state index contributed by atoms with van der Waals surface area (Å²) in [7, 11) is -0.953. The summed E-state index contributed by atoms with van der Waals surface area (Å²) < 4.78 is 6.64. The van der Waals surface area contributed by atoms with Gasteiger partial charge in [0.05, 0.1) is 5.56 Å². The van der Waals surface area contributed by atoms with Crippen LogP contribution in [0.1, 0.15) is 92.4 Å². The zero-order valence-corrected chi connectivity index (χ0v) is 21.4. The normalized spacial score (nSPS) is 16.5. The highest BCUT2D eigenvalue weighted by atomic mass is 28.3. The fraction of sp³-hybridized carbons (Fsp3) is 0.464. The topological polar surface area (TPSA) is 46.5 Å². The van der Waals surface area contributed by atoms with Gasteiger partial charge in [-0.25, -0.2) is 4.79 Å². The van der Waals surface area contributed by atoms with Crippen LogP contribution in [0, 0.1) is 0 Å². The zero-order valence-electron chi connectivity index (χ0n) is 20.4. The van der Waals surface area contributed by atoms with Crippen LogP contribution in [-0.4, -0.2) is 20.1 Å². The van der Waals surface area contributed by atoms with E-state index in [1.165, 1.54) is 43.2 Å². The van der Waals surface area contributed by atoms with Crippen molar-refractivity contribution < 1.29 is 14.3 Å². The largest absolute Gasteiger partial charge is 0.542 e. The van der Waals surface area contributed by atoms with Gasteiger partial charge in [0.1, 0.15) is 5.75 Å². The number of aromatic carboxylic acids is 1. The molecule has 3 rings (SSSR count). The molecule has 0 saturated heterocycles. The van der Waals surface area contributed by atoms with Crippen LogP contribution in [0.4, 0.5) is 0 Å². The molecule has 0 bridgehead atoms. The van der Waals surface area contributed by atoms with Gasteiger partial charge in [-0.3, -0.25) is 0 Å². The van der Waals surface area contributed by atoms with Crippen molar-refractivity contribution in [1.29, 1.82) is 0 Å². The first-order valence-corrected chi connectivity index (χ1v) is 14.1. The fourth-order valence-electron chi connectivity index (χ4n) is 4.77. The molecule has 0 aliphatic heterocycles. The number of carboxylic acid groups (broad SMARTS) is 1. The highest BCUT2D eigenvalue weighted by molar-refractivity contribution is 6.49. The molecule has 0 amide bonds. The smallest absolute Gasteiger partial charge is 0.335 e. The Morgan fingerprint density at radius 3 is 2.16 bits per heavy atom. The molecule has 1 saturated carbocycles. The number of rotatable bonds is 6. The van der Waals surface area contributed by atoms with E-state index in [1.807, 2.05) is 12.1 Å². The van der Waals surface area contributed by atoms with E-state index in [2.05, 4.69) is 65.1 Å². The lowest BCUT2D eigenvalue weighted by atomic mass is 9.66. The van der Waals surface area contributed by atoms with E-state index in [9.17, 15) is 4.79 Å². The van der Waals surface area contributed by atoms with Gasteiger partial charge in [-0.15, -0.1) is 0 Å². The summed E-state index contributed by atoms with van der Waals surface area (Å²) in [4.78, 5) is 11.1. The Bertz CT molecular complexity index is 975. The Balaban J connectivity index is 2.13. The van der Waals surface area contributed by atoms with Crippen molar-refractivity contribution >= 4 is 27.2 Å². The maximum Gasteiger partial charge on any atom is 0.335 e. The summed E-state index contributed by atoms with van der Waals surface area (Å²) in [6.07, 6.45) is 10.4. The number of hydrogen-bond donors (Lipinski definition) is 1. The Morgan fingerprint density at radius 2 is 1.62 bits per heavy atom. The second kappa shape index (κ2) is 9.66. The molecular weight excluding hydrogens is 412 g/mol. The number of carboxylic acids is 1. The highest BCUT2D eigenvalue weighted by Gasteiger charge is 2.37. The van der Waals surface area contributed by atoms with E-state index in [0.717, 1.165) is 16.9 Å². The van der Waals surface area contributed by atoms with Gasteiger partial charge in [-0.1, -0.05) is 83.4 Å². The lowest BCUT2D eigenvalue weighted by Crippen LogP contribution is -2.31. The van der Waals surface area contributed by atoms with Crippen LogP contribution in [0.5, 0.6) is 5.75 Å². The molecule has 0 aromatic heterocycles. The first kappa shape index (κ1) is 24.3. The number of hydrogen-bond acceptors (Lipinski definition) is 2. The second-order valence-corrected chi connectivity index (χ2v) is 12.6. The van der Waals surface area contributed by atoms with Crippen molar-refractivity contribution in [2.75, 3.05) is 0 Å². The van der Waals surface area contributed by atoms with Gasteiger partial charge in [0, 0.05) is 11.1 Å². The first-order valence-electron chi connectivity index (χ1n) is 11.7. The molecule has 0 heterocycles. The molecule has 0 unspecified atom stereocenters. The summed E-state index contributed by atoms with van der Waals surface area (Å²) in [5.41, 5.74) is 5.34. The maximum absolute atomic E-state index is 11.1. The fourth-order valence-corrected chi connectivity index (χ4v) is 5.40. The average Bonchev–Trinajstić information content (AvgIpc) is 2.72. The number of benzene rings is 2. The molecule has 171 valence electrons. The van der Waals surface area contributed by atoms with Crippen LogP contribution in [0.25, 0.3) is 12.2 Å². The van der Waals surface area contributed by atoms with Crippen LogP contribution in [-0.2, 0) is 10.8 Å². The van der Waals surface area contributed by atoms with Crippen LogP contribution >= 0.6 is 0 Å². The quantitative estimate of drug-likeness (QED) is 0.363. The molecule has 2 aromatic rings. The van der Waals surface area contributed by atoms with Gasteiger partial charge in [-0.05, 0) is 60.0 Å². The third kappa shape index (κ3) is 5.53. The minimum Gasteiger partial charge on any atom is -0.542 e. The van der Waals surface area contributed by atoms with Crippen LogP contribution in [0.15, 0.2) is 36.4 Å². The van der Waals surface area contributed by atoms with Gasteiger partial charge in [-0.2, -0.15) is 0 Å². The van der Waals surface area contributed by atoms with E-state index in [0.29, 0.717) is 5.56 Å². The van der Waals surface area contributed by atoms with Gasteiger partial charge < -0.3 is 9.53 Å². The van der Waals surface area contributed by atoms with Crippen LogP contribution in [0.2, 0.25) is 13.1 Å². The van der Waals surface area contributed by atoms with Gasteiger partial charge in [0.25, 0.3) is 9.04 Å². The summed E-state index contributed by atoms with van der Waals surface area (Å²) in [6, 6.07) is 11.5. The highest BCUT2D eigenvalue weighted by Crippen LogP contribution is 2.49. The van der Waals surface area contributed by atoms with Crippen molar-refractivity contribution in [2.24, 2.45) is 0 Å². The van der Waals surface area contributed by atoms with Gasteiger partial charge in [0.15, 0.2) is 0 Å². The third-order valence-corrected chi connectivity index (χ3v) is 7.09. The second-order valence-electron chi connectivity index (χ2n) is 10.5. The minimum atomic E-state index is -0.953. The minimum absolute atomic E-state index is 0.0389. The summed E-state index contributed by atoms with van der Waals surface area (Å²) in [5, 5.41) is 9.14. The summed E-state index contributed by atoms with van der Waals surface area (Å²) >= 11 is 0. The van der Waals surface area contributed by atoms with Crippen LogP contribution in [0.3, 0.4) is 0 Å². The predicted molar refractivity (Wildman–Crippen MR) is 136 cm³/mol. The van der Waals surface area contributed by atoms with E-state index in [4.69, 9.17) is 9.53 Å². The maximum atomic E-state index is 11.1. The summed E-state index contributed by atoms with van der Waals surface area (Å²) in [5.74, 6) is 0.152. The van der Waals surface area contributed by atoms with Crippen molar-refractivity contribution in [3.63, 3.8) is 0 Å². The SMILES string of the molecule is C[Si](C)Oc1c(C=Cc2ccc(C(=O)O)cc2)ccc(C(C)(C)C)c1C1(C)CCCCC1. The van der Waals surface area contributed by atoms with Crippen molar-refractivity contribution in [2.45, 2.75) is 83.7 Å². The van der Waals surface area contributed by atoms with Gasteiger partial charge >= 0.3 is 5.97 Å². The van der Waals surface area contributed by atoms with Crippen molar-refractivity contribution in [3.05, 3.63) is 64.2 Å². The van der Waals surface area contributed by atoms with Crippen molar-refractivity contribution in [1.82, 2.24) is 0 Å². The molecule has 0 spiro atoms. The molecular formula is C28H37O3Si. The Morgan fingerprint density at radius 1 is 1.00 bits per heavy atom. The first-order chi connectivity index (χ1) is 15.0. The van der Waals surface area contributed by atoms with E-state index in [-0.39, 0.29) is 10.8 Å². The molecule has 1 aliphatic rings. The molecule has 1 fully saturated rings. The molecule has 1 radical (unpaired) electrons. The molecule has 3 nitrogen and oxygen atoms in total. The Kier molecular flexibility index (Phi) is 7.34. The molecule has 4 heteroatoms. The van der Waals surface area contributed by atoms with E-state index in [1.54, 1.807) is 12.1 Å². The lowest BCUT2D eigenvalue weighted by molar-refractivity contribution is 0.0697.